The Balaban J connectivity index is 1.13. The van der Waals surface area contributed by atoms with E-state index in [2.05, 4.69) is 45.3 Å². The number of esters is 3. The van der Waals surface area contributed by atoms with Gasteiger partial charge in [-0.15, -0.1) is 0 Å². The highest BCUT2D eigenvalue weighted by Crippen LogP contribution is 2.68. The largest absolute Gasteiger partial charge is 0.481 e. The third-order valence-electron chi connectivity index (χ3n) is 16.8. The first-order valence-corrected chi connectivity index (χ1v) is 25.4. The van der Waals surface area contributed by atoms with Gasteiger partial charge in [-0.25, -0.2) is 0 Å². The molecule has 0 radical (unpaired) electrons. The highest BCUT2D eigenvalue weighted by molar-refractivity contribution is 5.87. The molecule has 6 unspecified atom stereocenters. The molecule has 0 aromatic carbocycles. The van der Waals surface area contributed by atoms with Crippen LogP contribution >= 0.6 is 0 Å². The molecule has 0 bridgehead atoms. The summed E-state index contributed by atoms with van der Waals surface area (Å²) in [7, 11) is 0. The van der Waals surface area contributed by atoms with Gasteiger partial charge in [-0.3, -0.25) is 33.6 Å². The number of nitrogens with two attached hydrogens (primary N) is 2. The Morgan fingerprint density at radius 3 is 2.21 bits per heavy atom. The number of amides is 3. The number of carboxylic acid groups (broad SMARTS) is 1. The summed E-state index contributed by atoms with van der Waals surface area (Å²) in [5.41, 5.74) is 11.9. The quantitative estimate of drug-likeness (QED) is 0.0610. The maximum atomic E-state index is 13.2. The number of hydrogen-bond acceptors (Lipinski definition) is 14. The summed E-state index contributed by atoms with van der Waals surface area (Å²) < 4.78 is 28.5. The van der Waals surface area contributed by atoms with Crippen LogP contribution in [-0.4, -0.2) is 114 Å². The second-order valence-corrected chi connectivity index (χ2v) is 21.7. The number of nitrogens with one attached hydrogen (secondary N) is 2. The number of carbonyl (C=O) groups is 7. The molecule has 1 aliphatic heterocycles. The fraction of sp³-hybridized carbons (Fsp3) is 0.860. The van der Waals surface area contributed by atoms with Crippen LogP contribution in [-0.2, 0) is 57.2 Å². The van der Waals surface area contributed by atoms with Gasteiger partial charge in [-0.2, -0.15) is 0 Å². The van der Waals surface area contributed by atoms with E-state index < -0.39 is 104 Å². The molecule has 18 heteroatoms. The van der Waals surface area contributed by atoms with Crippen molar-refractivity contribution in [3.63, 3.8) is 0 Å². The lowest BCUT2D eigenvalue weighted by Gasteiger charge is -2.61. The molecular weight excluding hydrogens is 881 g/mol. The second kappa shape index (κ2) is 24.3. The van der Waals surface area contributed by atoms with Crippen LogP contribution < -0.4 is 22.1 Å². The van der Waals surface area contributed by atoms with Gasteiger partial charge in [-0.1, -0.05) is 60.8 Å². The van der Waals surface area contributed by atoms with Crippen LogP contribution in [0.1, 0.15) is 158 Å². The van der Waals surface area contributed by atoms with Crippen molar-refractivity contribution in [3.8, 4) is 0 Å². The van der Waals surface area contributed by atoms with Crippen molar-refractivity contribution < 1.29 is 67.5 Å². The summed E-state index contributed by atoms with van der Waals surface area (Å²) in [5, 5.41) is 25.2. The summed E-state index contributed by atoms with van der Waals surface area (Å²) in [6.07, 6.45) is 6.62. The van der Waals surface area contributed by atoms with E-state index in [0.717, 1.165) is 62.2 Å². The van der Waals surface area contributed by atoms with Crippen LogP contribution in [0.2, 0.25) is 0 Å². The van der Waals surface area contributed by atoms with Crippen LogP contribution in [0.15, 0.2) is 0 Å². The van der Waals surface area contributed by atoms with Crippen molar-refractivity contribution in [2.45, 2.75) is 206 Å². The van der Waals surface area contributed by atoms with Gasteiger partial charge in [0.15, 0.2) is 0 Å². The van der Waals surface area contributed by atoms with Crippen molar-refractivity contribution in [2.24, 2.45) is 63.7 Å². The number of rotatable bonds is 23. The van der Waals surface area contributed by atoms with E-state index in [0.29, 0.717) is 17.3 Å². The molecule has 0 aromatic heterocycles. The number of hydrogen-bond donors (Lipinski definition) is 6. The molecule has 3 amide bonds. The standard InChI is InChI=1S/C50H82N4O14/c1-8-36(51)47(63)68-48-43(53-29(5)55)45(65-26-39(56)54-37(46(52)62)16-17-40(57)58)44(61)38(67-48)25-64-41(59)18-19-42(60)66-31-20-22-49(6)30(24-31)12-13-32-34-15-14-33(28(4)11-9-10-27(2)3)50(34,7)23-21-35(32)49/h27-28,30-38,43-45,48,61H,8-26,51H2,1-7H3,(H2,52,62)(H,53,55)(H,54,56)(H,57,58)/t28-,30?,31-,32?,33-,34?,35?,36?,37-,38-,43-,44-,45+,48?,49+,50-/m1/s1. The normalized spacial score (nSPS) is 34.5. The van der Waals surface area contributed by atoms with Crippen molar-refractivity contribution in [1.29, 1.82) is 0 Å². The molecule has 1 saturated heterocycles. The van der Waals surface area contributed by atoms with Crippen molar-refractivity contribution in [3.05, 3.63) is 0 Å². The Morgan fingerprint density at radius 1 is 0.853 bits per heavy atom. The molecule has 0 spiro atoms. The Morgan fingerprint density at radius 2 is 1.54 bits per heavy atom. The number of aliphatic hydroxyl groups is 1. The predicted molar refractivity (Wildman–Crippen MR) is 248 cm³/mol. The van der Waals surface area contributed by atoms with Gasteiger partial charge in [0.2, 0.25) is 24.0 Å². The van der Waals surface area contributed by atoms with Gasteiger partial charge in [0.1, 0.15) is 55.8 Å². The zero-order valence-corrected chi connectivity index (χ0v) is 41.5. The summed E-state index contributed by atoms with van der Waals surface area (Å²) in [4.78, 5) is 87.1. The number of primary amides is 1. The number of aliphatic hydroxyl groups excluding tert-OH is 1. The number of carboxylic acids is 1. The topological polar surface area (TPSA) is 282 Å². The minimum absolute atomic E-state index is 0.186. The van der Waals surface area contributed by atoms with Gasteiger partial charge in [-0.05, 0) is 123 Å². The number of fused-ring (bicyclic) bond motifs is 5. The van der Waals surface area contributed by atoms with Gasteiger partial charge in [0, 0.05) is 13.3 Å². The lowest BCUT2D eigenvalue weighted by molar-refractivity contribution is -0.271. The van der Waals surface area contributed by atoms with Crippen LogP contribution in [0.4, 0.5) is 0 Å². The maximum absolute atomic E-state index is 13.2. The van der Waals surface area contributed by atoms with Crippen molar-refractivity contribution >= 4 is 41.6 Å². The van der Waals surface area contributed by atoms with Crippen molar-refractivity contribution in [2.75, 3.05) is 13.2 Å². The minimum Gasteiger partial charge on any atom is -0.481 e. The van der Waals surface area contributed by atoms with Crippen molar-refractivity contribution in [1.82, 2.24) is 10.6 Å². The molecule has 68 heavy (non-hydrogen) atoms. The smallest absolute Gasteiger partial charge is 0.325 e. The zero-order valence-electron chi connectivity index (χ0n) is 41.5. The Hall–Kier alpha value is -3.87. The second-order valence-electron chi connectivity index (χ2n) is 21.7. The lowest BCUT2D eigenvalue weighted by Crippen LogP contribution is -2.66. The average Bonchev–Trinajstić information content (AvgIpc) is 3.63. The van der Waals surface area contributed by atoms with E-state index in [1.54, 1.807) is 6.92 Å². The number of aliphatic carboxylic acids is 1. The first kappa shape index (κ1) is 55.1. The molecule has 4 saturated carbocycles. The van der Waals surface area contributed by atoms with Crippen LogP contribution in [0.5, 0.6) is 0 Å². The lowest BCUT2D eigenvalue weighted by atomic mass is 9.44. The van der Waals surface area contributed by atoms with Gasteiger partial charge < -0.3 is 56.0 Å². The minimum atomic E-state index is -1.71. The first-order valence-electron chi connectivity index (χ1n) is 25.4. The molecule has 5 fully saturated rings. The molecule has 4 aliphatic carbocycles. The fourth-order valence-corrected chi connectivity index (χ4v) is 13.1. The SMILES string of the molecule is CCC(N)C(=O)OC1O[C@H](COC(=O)CCC(=O)O[C@@H]2CC[C@@]3(C)C(CCC4C3CC[C@@]3(C)C4CC[C@@H]3[C@H](C)CCCC(C)C)C2)[C@@H](O)[C@@H](OCC(=O)N[C@H](CCC(=O)O)C(N)=O)[C@H]1NC(C)=O. The Bertz CT molecular complexity index is 1780. The third kappa shape index (κ3) is 13.7. The summed E-state index contributed by atoms with van der Waals surface area (Å²) in [6.45, 7) is 13.6. The Labute approximate surface area is 402 Å². The molecule has 386 valence electrons. The third-order valence-corrected chi connectivity index (χ3v) is 16.8. The monoisotopic (exact) mass is 963 g/mol. The summed E-state index contributed by atoms with van der Waals surface area (Å²) >= 11 is 0. The van der Waals surface area contributed by atoms with E-state index in [9.17, 15) is 38.7 Å². The molecule has 8 N–H and O–H groups in total. The van der Waals surface area contributed by atoms with Crippen LogP contribution in [0, 0.1) is 52.3 Å². The predicted octanol–water partition coefficient (Wildman–Crippen LogP) is 4.43. The van der Waals surface area contributed by atoms with E-state index in [-0.39, 0.29) is 37.2 Å². The molecular formula is C50H82N4O14. The molecule has 1 heterocycles. The fourth-order valence-electron chi connectivity index (χ4n) is 13.1. The van der Waals surface area contributed by atoms with E-state index in [4.69, 9.17) is 40.3 Å². The highest BCUT2D eigenvalue weighted by atomic mass is 16.7. The van der Waals surface area contributed by atoms with E-state index in [1.807, 2.05) is 0 Å². The first-order chi connectivity index (χ1) is 32.1. The number of carbonyl (C=O) groups excluding carboxylic acids is 6. The zero-order chi connectivity index (χ0) is 50.1. The Kier molecular flexibility index (Phi) is 19.7. The molecule has 5 rings (SSSR count). The van der Waals surface area contributed by atoms with E-state index in [1.165, 1.54) is 51.4 Å². The molecule has 0 aromatic rings. The van der Waals surface area contributed by atoms with Crippen LogP contribution in [0.25, 0.3) is 0 Å². The van der Waals surface area contributed by atoms with Crippen LogP contribution in [0.3, 0.4) is 0 Å². The summed E-state index contributed by atoms with van der Waals surface area (Å²) in [5.74, 6) is -0.918. The van der Waals surface area contributed by atoms with Gasteiger partial charge in [0.25, 0.3) is 0 Å². The van der Waals surface area contributed by atoms with Gasteiger partial charge >= 0.3 is 23.9 Å². The maximum Gasteiger partial charge on any atom is 0.325 e. The van der Waals surface area contributed by atoms with Gasteiger partial charge in [0.05, 0.1) is 12.8 Å². The molecule has 18 nitrogen and oxygen atoms in total. The number of ether oxygens (including phenoxy) is 5. The molecule has 5 aliphatic rings. The van der Waals surface area contributed by atoms with E-state index >= 15 is 0 Å². The summed E-state index contributed by atoms with van der Waals surface area (Å²) in [6, 6.07) is -3.84. The highest BCUT2D eigenvalue weighted by Gasteiger charge is 2.61. The average molecular weight is 963 g/mol. The molecule has 16 atom stereocenters.